The third-order valence-electron chi connectivity index (χ3n) is 6.01. The lowest BCUT2D eigenvalue weighted by molar-refractivity contribution is -0.137. The summed E-state index contributed by atoms with van der Waals surface area (Å²) < 4.78 is 15.7. The fourth-order valence-electron chi connectivity index (χ4n) is 3.61. The van der Waals surface area contributed by atoms with E-state index in [4.69, 9.17) is 14.2 Å². The number of carbonyl (C=O) groups excluding carboxylic acids is 3. The normalized spacial score (nSPS) is 16.5. The molecule has 0 aliphatic carbocycles. The lowest BCUT2D eigenvalue weighted by atomic mass is 9.67. The predicted octanol–water partition coefficient (Wildman–Crippen LogP) is 3.29. The molecule has 0 unspecified atom stereocenters. The summed E-state index contributed by atoms with van der Waals surface area (Å²) in [5.41, 5.74) is -0.760. The fraction of sp³-hybridized carbons (Fsp3) is 0.875. The van der Waals surface area contributed by atoms with Gasteiger partial charge in [-0.3, -0.25) is 14.4 Å². The standard InChI is InChI=1S/C24H43NO6/c1-19(2)20(26)17-24(18-21(27)23(3,4)5)8-10-25(11-9-24)22(28)7-12-30-15-16-31-14-13-29-6/h19H,7-18H2,1-6H3. The summed E-state index contributed by atoms with van der Waals surface area (Å²) in [5, 5.41) is 0. The van der Waals surface area contributed by atoms with E-state index in [0.717, 1.165) is 0 Å². The maximum absolute atomic E-state index is 12.8. The maximum Gasteiger partial charge on any atom is 0.224 e. The topological polar surface area (TPSA) is 82.1 Å². The molecule has 0 N–H and O–H groups in total. The highest BCUT2D eigenvalue weighted by molar-refractivity contribution is 5.86. The van der Waals surface area contributed by atoms with Crippen LogP contribution in [0.15, 0.2) is 0 Å². The number of nitrogens with zero attached hydrogens (tertiary/aromatic N) is 1. The number of amides is 1. The Labute approximate surface area is 188 Å². The van der Waals surface area contributed by atoms with E-state index in [-0.39, 0.29) is 28.8 Å². The minimum atomic E-state index is -0.425. The molecule has 0 aromatic heterocycles. The molecule has 31 heavy (non-hydrogen) atoms. The van der Waals surface area contributed by atoms with Crippen molar-refractivity contribution in [2.75, 3.05) is 53.2 Å². The summed E-state index contributed by atoms with van der Waals surface area (Å²) in [6.07, 6.45) is 2.53. The molecule has 180 valence electrons. The summed E-state index contributed by atoms with van der Waals surface area (Å²) in [5.74, 6) is 0.399. The van der Waals surface area contributed by atoms with Gasteiger partial charge < -0.3 is 19.1 Å². The largest absolute Gasteiger partial charge is 0.382 e. The second kappa shape index (κ2) is 13.3. The number of hydrogen-bond donors (Lipinski definition) is 0. The number of piperidine rings is 1. The Bertz CT molecular complexity index is 573. The number of ether oxygens (including phenoxy) is 3. The van der Waals surface area contributed by atoms with E-state index in [1.54, 1.807) is 7.11 Å². The van der Waals surface area contributed by atoms with Crippen molar-refractivity contribution in [3.05, 3.63) is 0 Å². The predicted molar refractivity (Wildman–Crippen MR) is 120 cm³/mol. The average Bonchev–Trinajstić information content (AvgIpc) is 2.69. The smallest absolute Gasteiger partial charge is 0.224 e. The quantitative estimate of drug-likeness (QED) is 0.385. The summed E-state index contributed by atoms with van der Waals surface area (Å²) >= 11 is 0. The number of rotatable bonds is 14. The number of carbonyl (C=O) groups is 3. The first-order valence-electron chi connectivity index (χ1n) is 11.5. The van der Waals surface area contributed by atoms with E-state index >= 15 is 0 Å². The highest BCUT2D eigenvalue weighted by Gasteiger charge is 2.41. The second-order valence-corrected chi connectivity index (χ2v) is 10.00. The van der Waals surface area contributed by atoms with Crippen molar-refractivity contribution in [1.82, 2.24) is 4.90 Å². The molecule has 1 fully saturated rings. The van der Waals surface area contributed by atoms with Crippen LogP contribution in [0, 0.1) is 16.7 Å². The van der Waals surface area contributed by atoms with E-state index in [0.29, 0.717) is 78.2 Å². The Morgan fingerprint density at radius 3 is 1.97 bits per heavy atom. The summed E-state index contributed by atoms with van der Waals surface area (Å²) in [4.78, 5) is 39.7. The highest BCUT2D eigenvalue weighted by Crippen LogP contribution is 2.41. The Hall–Kier alpha value is -1.31. The third-order valence-corrected chi connectivity index (χ3v) is 6.01. The molecule has 1 heterocycles. The van der Waals surface area contributed by atoms with Gasteiger partial charge in [0.15, 0.2) is 0 Å². The van der Waals surface area contributed by atoms with E-state index < -0.39 is 5.41 Å². The summed E-state index contributed by atoms with van der Waals surface area (Å²) in [6.45, 7) is 13.1. The molecule has 0 atom stereocenters. The average molecular weight is 442 g/mol. The monoisotopic (exact) mass is 441 g/mol. The van der Waals surface area contributed by atoms with Gasteiger partial charge in [0.2, 0.25) is 5.91 Å². The van der Waals surface area contributed by atoms with E-state index in [2.05, 4.69) is 0 Å². The Balaban J connectivity index is 2.51. The van der Waals surface area contributed by atoms with E-state index in [9.17, 15) is 14.4 Å². The molecule has 0 spiro atoms. The van der Waals surface area contributed by atoms with Crippen molar-refractivity contribution >= 4 is 17.5 Å². The van der Waals surface area contributed by atoms with Crippen LogP contribution >= 0.6 is 0 Å². The van der Waals surface area contributed by atoms with Crippen LogP contribution in [0.5, 0.6) is 0 Å². The Kier molecular flexibility index (Phi) is 11.9. The number of hydrogen-bond acceptors (Lipinski definition) is 6. The first kappa shape index (κ1) is 27.7. The molecule has 0 aromatic rings. The molecule has 1 amide bonds. The molecule has 1 aliphatic rings. The van der Waals surface area contributed by atoms with Crippen LogP contribution in [0.3, 0.4) is 0 Å². The van der Waals surface area contributed by atoms with Crippen molar-refractivity contribution in [2.24, 2.45) is 16.7 Å². The third kappa shape index (κ3) is 10.2. The van der Waals surface area contributed by atoms with Crippen LogP contribution in [-0.4, -0.2) is 75.6 Å². The molecule has 0 radical (unpaired) electrons. The van der Waals surface area contributed by atoms with Crippen LogP contribution in [0.4, 0.5) is 0 Å². The number of Topliss-reactive ketones (excluding diaryl/α,β-unsaturated/α-hetero) is 2. The van der Waals surface area contributed by atoms with Gasteiger partial charge in [0, 0.05) is 44.4 Å². The van der Waals surface area contributed by atoms with Gasteiger partial charge in [-0.15, -0.1) is 0 Å². The van der Waals surface area contributed by atoms with Crippen molar-refractivity contribution in [3.63, 3.8) is 0 Å². The zero-order valence-corrected chi connectivity index (χ0v) is 20.5. The number of likely N-dealkylation sites (tertiary alicyclic amines) is 1. The molecule has 1 aliphatic heterocycles. The molecule has 7 nitrogen and oxygen atoms in total. The first-order chi connectivity index (χ1) is 14.5. The second-order valence-electron chi connectivity index (χ2n) is 10.00. The molecular formula is C24H43NO6. The fourth-order valence-corrected chi connectivity index (χ4v) is 3.61. The van der Waals surface area contributed by atoms with Crippen LogP contribution in [0.2, 0.25) is 0 Å². The zero-order valence-electron chi connectivity index (χ0n) is 20.5. The van der Waals surface area contributed by atoms with Gasteiger partial charge >= 0.3 is 0 Å². The van der Waals surface area contributed by atoms with Crippen LogP contribution in [0.1, 0.15) is 66.7 Å². The van der Waals surface area contributed by atoms with Gasteiger partial charge in [-0.05, 0) is 18.3 Å². The summed E-state index contributed by atoms with van der Waals surface area (Å²) in [7, 11) is 1.63. The van der Waals surface area contributed by atoms with Crippen molar-refractivity contribution in [1.29, 1.82) is 0 Å². The van der Waals surface area contributed by atoms with Crippen molar-refractivity contribution in [3.8, 4) is 0 Å². The zero-order chi connectivity index (χ0) is 23.5. The molecule has 1 rings (SSSR count). The summed E-state index contributed by atoms with van der Waals surface area (Å²) in [6, 6.07) is 0. The molecule has 0 aromatic carbocycles. The minimum Gasteiger partial charge on any atom is -0.382 e. The molecular weight excluding hydrogens is 398 g/mol. The minimum absolute atomic E-state index is 0.0445. The first-order valence-corrected chi connectivity index (χ1v) is 11.5. The number of ketones is 2. The van der Waals surface area contributed by atoms with Crippen molar-refractivity contribution in [2.45, 2.75) is 66.7 Å². The van der Waals surface area contributed by atoms with Gasteiger partial charge in [-0.2, -0.15) is 0 Å². The number of methoxy groups -OCH3 is 1. The van der Waals surface area contributed by atoms with Crippen LogP contribution in [-0.2, 0) is 28.6 Å². The molecule has 7 heteroatoms. The Morgan fingerprint density at radius 2 is 1.45 bits per heavy atom. The van der Waals surface area contributed by atoms with Gasteiger partial charge in [-0.25, -0.2) is 0 Å². The molecule has 1 saturated heterocycles. The lowest BCUT2D eigenvalue weighted by Gasteiger charge is -2.42. The molecule has 0 bridgehead atoms. The lowest BCUT2D eigenvalue weighted by Crippen LogP contribution is -2.46. The van der Waals surface area contributed by atoms with Gasteiger partial charge in [0.05, 0.1) is 39.5 Å². The molecule has 0 saturated carbocycles. The Morgan fingerprint density at radius 1 is 0.903 bits per heavy atom. The van der Waals surface area contributed by atoms with Gasteiger partial charge in [0.1, 0.15) is 11.6 Å². The van der Waals surface area contributed by atoms with Crippen LogP contribution in [0.25, 0.3) is 0 Å². The van der Waals surface area contributed by atoms with Gasteiger partial charge in [-0.1, -0.05) is 34.6 Å². The highest BCUT2D eigenvalue weighted by atomic mass is 16.5. The van der Waals surface area contributed by atoms with Crippen LogP contribution < -0.4 is 0 Å². The van der Waals surface area contributed by atoms with E-state index in [1.807, 2.05) is 39.5 Å². The van der Waals surface area contributed by atoms with Gasteiger partial charge in [0.25, 0.3) is 0 Å². The van der Waals surface area contributed by atoms with E-state index in [1.165, 1.54) is 0 Å². The SMILES string of the molecule is COCCOCCOCCC(=O)N1CCC(CC(=O)C(C)C)(CC(=O)C(C)(C)C)CC1. The van der Waals surface area contributed by atoms with Crippen molar-refractivity contribution < 1.29 is 28.6 Å². The maximum atomic E-state index is 12.8.